The van der Waals surface area contributed by atoms with Gasteiger partial charge in [-0.05, 0) is 71.3 Å². The van der Waals surface area contributed by atoms with Gasteiger partial charge in [0.1, 0.15) is 5.58 Å². The molecule has 0 aliphatic rings. The van der Waals surface area contributed by atoms with E-state index in [1.165, 1.54) is 49.4 Å². The van der Waals surface area contributed by atoms with E-state index >= 15 is 0 Å². The van der Waals surface area contributed by atoms with Gasteiger partial charge in [0.15, 0.2) is 0 Å². The predicted octanol–water partition coefficient (Wildman–Crippen LogP) is 12.4. The van der Waals surface area contributed by atoms with E-state index in [1.54, 1.807) is 0 Å². The zero-order valence-corrected chi connectivity index (χ0v) is 32.5. The summed E-state index contributed by atoms with van der Waals surface area (Å²) in [5.41, 5.74) is 13.4. The molecule has 0 unspecified atom stereocenters. The predicted molar refractivity (Wildman–Crippen MR) is 206 cm³/mol. The molecular formula is C46H42IrN2O-2. The Kier molecular flexibility index (Phi) is 9.82. The molecule has 0 amide bonds. The van der Waals surface area contributed by atoms with Gasteiger partial charge >= 0.3 is 0 Å². The summed E-state index contributed by atoms with van der Waals surface area (Å²) in [4.78, 5) is 9.27. The number of aryl methyl sites for hydroxylation is 5. The van der Waals surface area contributed by atoms with Crippen LogP contribution in [0.4, 0.5) is 0 Å². The van der Waals surface area contributed by atoms with Crippen molar-refractivity contribution < 1.29 is 24.5 Å². The summed E-state index contributed by atoms with van der Waals surface area (Å²) in [6.45, 7) is 17.3. The zero-order chi connectivity index (χ0) is 34.4. The Bertz CT molecular complexity index is 2500. The molecule has 253 valence electrons. The summed E-state index contributed by atoms with van der Waals surface area (Å²) >= 11 is 0. The molecule has 3 nitrogen and oxygen atoms in total. The Morgan fingerprint density at radius 2 is 1.34 bits per heavy atom. The van der Waals surface area contributed by atoms with Crippen LogP contribution in [0.2, 0.25) is 0 Å². The first kappa shape index (κ1) is 35.2. The maximum absolute atomic E-state index is 6.64. The van der Waals surface area contributed by atoms with Gasteiger partial charge < -0.3 is 14.4 Å². The fourth-order valence-corrected chi connectivity index (χ4v) is 6.63. The third kappa shape index (κ3) is 6.88. The molecule has 0 fully saturated rings. The summed E-state index contributed by atoms with van der Waals surface area (Å²) < 4.78 is 6.64. The van der Waals surface area contributed by atoms with E-state index in [-0.39, 0.29) is 20.1 Å². The maximum atomic E-state index is 6.64. The minimum Gasteiger partial charge on any atom is -0.500 e. The third-order valence-electron chi connectivity index (χ3n) is 9.43. The summed E-state index contributed by atoms with van der Waals surface area (Å²) in [6.07, 6.45) is 5.00. The quantitative estimate of drug-likeness (QED) is 0.132. The molecule has 0 aliphatic heterocycles. The molecule has 3 heterocycles. The van der Waals surface area contributed by atoms with Crippen LogP contribution in [0.25, 0.3) is 66.0 Å². The Balaban J connectivity index is 0.000000188. The van der Waals surface area contributed by atoms with E-state index in [9.17, 15) is 0 Å². The molecule has 0 atom stereocenters. The van der Waals surface area contributed by atoms with E-state index in [2.05, 4.69) is 156 Å². The number of hydrogen-bond donors (Lipinski definition) is 0. The van der Waals surface area contributed by atoms with Gasteiger partial charge in [-0.3, -0.25) is 0 Å². The van der Waals surface area contributed by atoms with Gasteiger partial charge in [-0.25, -0.2) is 0 Å². The van der Waals surface area contributed by atoms with Crippen LogP contribution < -0.4 is 0 Å². The second-order valence-corrected chi connectivity index (χ2v) is 14.6. The fraction of sp³-hybridized carbons (Fsp3) is 0.217. The molecule has 8 rings (SSSR count). The van der Waals surface area contributed by atoms with Crippen molar-refractivity contribution in [1.82, 2.24) is 9.97 Å². The van der Waals surface area contributed by atoms with Crippen LogP contribution in [0.1, 0.15) is 54.2 Å². The summed E-state index contributed by atoms with van der Waals surface area (Å²) in [7, 11) is 0. The van der Waals surface area contributed by atoms with Crippen molar-refractivity contribution in [1.29, 1.82) is 0 Å². The van der Waals surface area contributed by atoms with Crippen LogP contribution in [-0.2, 0) is 26.5 Å². The maximum Gasteiger partial charge on any atom is 0.129 e. The van der Waals surface area contributed by atoms with Crippen molar-refractivity contribution in [3.05, 3.63) is 143 Å². The van der Waals surface area contributed by atoms with Gasteiger partial charge in [-0.2, -0.15) is 0 Å². The Hall–Kier alpha value is -4.63. The van der Waals surface area contributed by atoms with Crippen molar-refractivity contribution in [2.75, 3.05) is 0 Å². The van der Waals surface area contributed by atoms with Crippen LogP contribution in [0.5, 0.6) is 0 Å². The normalized spacial score (nSPS) is 11.5. The number of fused-ring (bicyclic) bond motifs is 7. The first-order valence-corrected chi connectivity index (χ1v) is 17.0. The van der Waals surface area contributed by atoms with E-state index < -0.39 is 0 Å². The first-order chi connectivity index (χ1) is 23.5. The summed E-state index contributed by atoms with van der Waals surface area (Å²) in [5, 5.41) is 7.08. The molecule has 4 heteroatoms. The fourth-order valence-electron chi connectivity index (χ4n) is 6.63. The molecule has 3 aromatic heterocycles. The Morgan fingerprint density at radius 3 is 2.06 bits per heavy atom. The monoisotopic (exact) mass is 831 g/mol. The average Bonchev–Trinajstić information content (AvgIpc) is 3.48. The number of nitrogens with zero attached hydrogens (tertiary/aromatic N) is 2. The Morgan fingerprint density at radius 1 is 0.620 bits per heavy atom. The minimum atomic E-state index is 0. The zero-order valence-electron chi connectivity index (χ0n) is 30.1. The second-order valence-electron chi connectivity index (χ2n) is 14.6. The summed E-state index contributed by atoms with van der Waals surface area (Å²) in [6, 6.07) is 36.5. The van der Waals surface area contributed by atoms with Gasteiger partial charge in [0, 0.05) is 43.3 Å². The molecule has 0 saturated heterocycles. The van der Waals surface area contributed by atoms with Gasteiger partial charge in [0.25, 0.3) is 0 Å². The van der Waals surface area contributed by atoms with Crippen LogP contribution in [0.15, 0.2) is 102 Å². The minimum absolute atomic E-state index is 0. The van der Waals surface area contributed by atoms with Crippen LogP contribution in [-0.4, -0.2) is 9.97 Å². The number of pyridine rings is 2. The number of aromatic nitrogens is 2. The first-order valence-electron chi connectivity index (χ1n) is 17.0. The van der Waals surface area contributed by atoms with Crippen molar-refractivity contribution in [2.24, 2.45) is 5.41 Å². The molecule has 1 radical (unpaired) electrons. The molecule has 0 aliphatic carbocycles. The van der Waals surface area contributed by atoms with Crippen molar-refractivity contribution in [2.45, 2.75) is 61.8 Å². The molecule has 50 heavy (non-hydrogen) atoms. The summed E-state index contributed by atoms with van der Waals surface area (Å²) in [5.74, 6) is 0. The van der Waals surface area contributed by atoms with Gasteiger partial charge in [-0.1, -0.05) is 117 Å². The van der Waals surface area contributed by atoms with E-state index in [4.69, 9.17) is 4.42 Å². The number of hydrogen-bond acceptors (Lipinski definition) is 3. The van der Waals surface area contributed by atoms with Gasteiger partial charge in [0.05, 0.1) is 5.58 Å². The topological polar surface area (TPSA) is 38.9 Å². The molecule has 0 saturated carbocycles. The SMILES string of the molecule is Cc1c[c-]c(-c2cc(C)c(CC(C)(C)C)cn2)cc1.Cc1cnc(-c2[c-]cc(C)c3c2oc2c3ccc3ccc4ccccc4c32)cc1C.[Ir]. The molecule has 8 aromatic rings. The number of furan rings is 1. The van der Waals surface area contributed by atoms with Crippen LogP contribution in [0.3, 0.4) is 0 Å². The van der Waals surface area contributed by atoms with Crippen LogP contribution >= 0.6 is 0 Å². The smallest absolute Gasteiger partial charge is 0.129 e. The van der Waals surface area contributed by atoms with Gasteiger partial charge in [-0.15, -0.1) is 53.1 Å². The van der Waals surface area contributed by atoms with Crippen molar-refractivity contribution in [3.63, 3.8) is 0 Å². The molecule has 0 spiro atoms. The number of benzene rings is 5. The van der Waals surface area contributed by atoms with E-state index in [0.29, 0.717) is 5.41 Å². The largest absolute Gasteiger partial charge is 0.500 e. The molecule has 0 N–H and O–H groups in total. The van der Waals surface area contributed by atoms with E-state index in [0.717, 1.165) is 56.4 Å². The number of rotatable bonds is 3. The third-order valence-corrected chi connectivity index (χ3v) is 9.43. The van der Waals surface area contributed by atoms with Gasteiger partial charge in [0.2, 0.25) is 0 Å². The Labute approximate surface area is 309 Å². The second kappa shape index (κ2) is 13.9. The van der Waals surface area contributed by atoms with Crippen molar-refractivity contribution in [3.8, 4) is 22.5 Å². The molecule has 5 aromatic carbocycles. The molecule has 0 bridgehead atoms. The standard InChI is InChI=1S/C28H20NO.C18H22N.Ir/c1-16-8-12-22(24-14-17(2)18(3)15-29-24)27-25(16)23-13-11-20-10-9-19-6-4-5-7-21(19)26(20)28(23)30-27;1-13-6-8-15(9-7-13)17-10-14(2)16(12-19-17)11-18(3,4)5;/h4-11,13-15H,1-3H3;6-8,10,12H,11H2,1-5H3;/q2*-1;. The van der Waals surface area contributed by atoms with Crippen molar-refractivity contribution >= 4 is 43.5 Å². The molecular weight excluding hydrogens is 789 g/mol. The van der Waals surface area contributed by atoms with Crippen LogP contribution in [0, 0.1) is 52.2 Å². The van der Waals surface area contributed by atoms with E-state index in [1.807, 2.05) is 18.5 Å². The average molecular weight is 831 g/mol.